The Bertz CT molecular complexity index is 795. The van der Waals surface area contributed by atoms with Gasteiger partial charge in [-0.3, -0.25) is 4.79 Å². The first-order valence-electron chi connectivity index (χ1n) is 9.44. The third kappa shape index (κ3) is 3.20. The lowest BCUT2D eigenvalue weighted by Crippen LogP contribution is -2.44. The minimum Gasteiger partial charge on any atom is -0.334 e. The zero-order valence-electron chi connectivity index (χ0n) is 15.2. The van der Waals surface area contributed by atoms with E-state index in [0.29, 0.717) is 13.0 Å². The average molecular weight is 338 g/mol. The second-order valence-corrected chi connectivity index (χ2v) is 7.28. The molecule has 1 aromatic carbocycles. The van der Waals surface area contributed by atoms with Gasteiger partial charge >= 0.3 is 0 Å². The highest BCUT2D eigenvalue weighted by Gasteiger charge is 2.28. The molecule has 132 valence electrons. The molecular formula is C20H26N4O. The number of aromatic nitrogens is 3. The van der Waals surface area contributed by atoms with Crippen molar-refractivity contribution in [1.82, 2.24) is 19.7 Å². The molecule has 2 aromatic rings. The summed E-state index contributed by atoms with van der Waals surface area (Å²) in [7, 11) is 0. The summed E-state index contributed by atoms with van der Waals surface area (Å²) in [4.78, 5) is 19.2. The molecule has 5 nitrogen and oxygen atoms in total. The second kappa shape index (κ2) is 6.62. The highest BCUT2D eigenvalue weighted by Crippen LogP contribution is 2.25. The van der Waals surface area contributed by atoms with Gasteiger partial charge < -0.3 is 4.90 Å². The summed E-state index contributed by atoms with van der Waals surface area (Å²) in [5.74, 6) is 2.10. The molecule has 1 amide bonds. The Morgan fingerprint density at radius 3 is 2.96 bits per heavy atom. The lowest BCUT2D eigenvalue weighted by Gasteiger charge is -2.34. The lowest BCUT2D eigenvalue weighted by molar-refractivity contribution is -0.134. The Labute approximate surface area is 149 Å². The van der Waals surface area contributed by atoms with Crippen molar-refractivity contribution < 1.29 is 4.79 Å². The minimum absolute atomic E-state index is 0.203. The molecule has 1 aliphatic heterocycles. The van der Waals surface area contributed by atoms with E-state index in [4.69, 9.17) is 0 Å². The van der Waals surface area contributed by atoms with Gasteiger partial charge in [0.2, 0.25) is 5.91 Å². The minimum atomic E-state index is 0.203. The summed E-state index contributed by atoms with van der Waals surface area (Å²) in [6.45, 7) is 5.34. The van der Waals surface area contributed by atoms with Gasteiger partial charge in [0, 0.05) is 19.4 Å². The number of hydrogen-bond donors (Lipinski definition) is 0. The molecule has 1 aromatic heterocycles. The van der Waals surface area contributed by atoms with Crippen molar-refractivity contribution >= 4 is 5.91 Å². The quantitative estimate of drug-likeness (QED) is 0.861. The summed E-state index contributed by atoms with van der Waals surface area (Å²) in [6, 6.07) is 6.97. The molecule has 1 atom stereocenters. The van der Waals surface area contributed by atoms with Crippen molar-refractivity contribution in [2.24, 2.45) is 0 Å². The molecule has 0 bridgehead atoms. The van der Waals surface area contributed by atoms with Crippen molar-refractivity contribution in [3.05, 3.63) is 46.5 Å². The van der Waals surface area contributed by atoms with Crippen molar-refractivity contribution in [3.63, 3.8) is 0 Å². The zero-order valence-corrected chi connectivity index (χ0v) is 15.2. The molecule has 0 saturated carbocycles. The van der Waals surface area contributed by atoms with Crippen molar-refractivity contribution in [3.8, 4) is 0 Å². The fraction of sp³-hybridized carbons (Fsp3) is 0.550. The number of aryl methyl sites for hydroxylation is 4. The van der Waals surface area contributed by atoms with Crippen molar-refractivity contribution in [2.75, 3.05) is 0 Å². The third-order valence-corrected chi connectivity index (χ3v) is 5.52. The number of hydrogen-bond acceptors (Lipinski definition) is 3. The van der Waals surface area contributed by atoms with Crippen LogP contribution in [-0.4, -0.2) is 31.6 Å². The molecule has 2 heterocycles. The second-order valence-electron chi connectivity index (χ2n) is 7.28. The Morgan fingerprint density at radius 1 is 1.28 bits per heavy atom. The molecule has 2 aliphatic rings. The topological polar surface area (TPSA) is 51.0 Å². The predicted molar refractivity (Wildman–Crippen MR) is 96.2 cm³/mol. The van der Waals surface area contributed by atoms with Gasteiger partial charge in [-0.25, -0.2) is 9.67 Å². The summed E-state index contributed by atoms with van der Waals surface area (Å²) in [5, 5.41) is 4.49. The van der Waals surface area contributed by atoms with Crippen LogP contribution < -0.4 is 0 Å². The Hall–Kier alpha value is -2.17. The van der Waals surface area contributed by atoms with Gasteiger partial charge in [0.1, 0.15) is 11.6 Å². The maximum atomic E-state index is 12.6. The molecule has 1 aliphatic carbocycles. The van der Waals surface area contributed by atoms with E-state index in [1.165, 1.54) is 36.0 Å². The van der Waals surface area contributed by atoms with Crippen LogP contribution in [0.3, 0.4) is 0 Å². The molecule has 5 heteroatoms. The standard InChI is InChI=1S/C20H26N4O/c1-3-20(25)23(12-15-7-8-16-5-4-6-17(16)11-15)18-9-10-19-21-14(2)22-24(19)13-18/h7-8,11,18H,3-6,9-10,12-13H2,1-2H3. The average Bonchev–Trinajstić information content (AvgIpc) is 3.22. The van der Waals surface area contributed by atoms with Crippen LogP contribution in [0.5, 0.6) is 0 Å². The van der Waals surface area contributed by atoms with Gasteiger partial charge in [0.25, 0.3) is 0 Å². The number of carbonyl (C=O) groups is 1. The third-order valence-electron chi connectivity index (χ3n) is 5.52. The molecule has 0 radical (unpaired) electrons. The van der Waals surface area contributed by atoms with Gasteiger partial charge in [-0.15, -0.1) is 0 Å². The van der Waals surface area contributed by atoms with E-state index in [1.54, 1.807) is 0 Å². The molecule has 0 N–H and O–H groups in total. The number of rotatable bonds is 4. The van der Waals surface area contributed by atoms with Crippen LogP contribution in [0.25, 0.3) is 0 Å². The Balaban J connectivity index is 1.55. The van der Waals surface area contributed by atoms with Crippen LogP contribution in [0.15, 0.2) is 18.2 Å². The Morgan fingerprint density at radius 2 is 2.12 bits per heavy atom. The fourth-order valence-electron chi connectivity index (χ4n) is 4.22. The molecule has 0 fully saturated rings. The maximum Gasteiger partial charge on any atom is 0.222 e. The van der Waals surface area contributed by atoms with E-state index in [-0.39, 0.29) is 11.9 Å². The van der Waals surface area contributed by atoms with E-state index in [1.807, 2.05) is 18.5 Å². The monoisotopic (exact) mass is 338 g/mol. The highest BCUT2D eigenvalue weighted by molar-refractivity contribution is 5.76. The largest absolute Gasteiger partial charge is 0.334 e. The van der Waals surface area contributed by atoms with Crippen molar-refractivity contribution in [1.29, 1.82) is 0 Å². The predicted octanol–water partition coefficient (Wildman–Crippen LogP) is 2.83. The summed E-state index contributed by atoms with van der Waals surface area (Å²) in [6.07, 6.45) is 6.04. The van der Waals surface area contributed by atoms with Gasteiger partial charge in [-0.05, 0) is 49.3 Å². The molecule has 0 saturated heterocycles. The van der Waals surface area contributed by atoms with E-state index >= 15 is 0 Å². The van der Waals surface area contributed by atoms with Crippen molar-refractivity contribution in [2.45, 2.75) is 71.5 Å². The van der Waals surface area contributed by atoms with Gasteiger partial charge in [0.15, 0.2) is 0 Å². The normalized spacial score (nSPS) is 18.7. The first-order valence-corrected chi connectivity index (χ1v) is 9.44. The molecule has 25 heavy (non-hydrogen) atoms. The summed E-state index contributed by atoms with van der Waals surface area (Å²) < 4.78 is 1.99. The number of fused-ring (bicyclic) bond motifs is 2. The zero-order chi connectivity index (χ0) is 17.4. The smallest absolute Gasteiger partial charge is 0.222 e. The SMILES string of the molecule is CCC(=O)N(Cc1ccc2c(c1)CCC2)C1CCc2nc(C)nn2C1. The summed E-state index contributed by atoms with van der Waals surface area (Å²) in [5.41, 5.74) is 4.21. The number of benzene rings is 1. The van der Waals surface area contributed by atoms with Crippen LogP contribution in [0.1, 0.15) is 54.5 Å². The molecule has 4 rings (SSSR count). The number of carbonyl (C=O) groups excluding carboxylic acids is 1. The van der Waals surface area contributed by atoms with Crippen LogP contribution in [-0.2, 0) is 37.1 Å². The first kappa shape index (κ1) is 16.3. The van der Waals surface area contributed by atoms with Crippen LogP contribution in [0.4, 0.5) is 0 Å². The molecule has 1 unspecified atom stereocenters. The first-order chi connectivity index (χ1) is 12.1. The highest BCUT2D eigenvalue weighted by atomic mass is 16.2. The van der Waals surface area contributed by atoms with E-state index in [0.717, 1.165) is 31.0 Å². The van der Waals surface area contributed by atoms with Gasteiger partial charge in [-0.2, -0.15) is 5.10 Å². The molecule has 0 spiro atoms. The van der Waals surface area contributed by atoms with Gasteiger partial charge in [0.05, 0.1) is 12.6 Å². The lowest BCUT2D eigenvalue weighted by atomic mass is 10.0. The van der Waals surface area contributed by atoms with Gasteiger partial charge in [-0.1, -0.05) is 25.1 Å². The van der Waals surface area contributed by atoms with Crippen LogP contribution >= 0.6 is 0 Å². The summed E-state index contributed by atoms with van der Waals surface area (Å²) >= 11 is 0. The van der Waals surface area contributed by atoms with E-state index < -0.39 is 0 Å². The van der Waals surface area contributed by atoms with E-state index in [9.17, 15) is 4.79 Å². The molecular weight excluding hydrogens is 312 g/mol. The number of nitrogens with zero attached hydrogens (tertiary/aromatic N) is 4. The Kier molecular flexibility index (Phi) is 4.32. The number of amides is 1. The van der Waals surface area contributed by atoms with E-state index in [2.05, 4.69) is 33.2 Å². The maximum absolute atomic E-state index is 12.6. The fourth-order valence-corrected chi connectivity index (χ4v) is 4.22. The van der Waals surface area contributed by atoms with Crippen LogP contribution in [0.2, 0.25) is 0 Å². The van der Waals surface area contributed by atoms with Crippen LogP contribution in [0, 0.1) is 6.92 Å².